The maximum Gasteiger partial charge on any atom is 0.0404 e. The van der Waals surface area contributed by atoms with Gasteiger partial charge in [-0.2, -0.15) is 0 Å². The van der Waals surface area contributed by atoms with Gasteiger partial charge in [0.05, 0.1) is 0 Å². The summed E-state index contributed by atoms with van der Waals surface area (Å²) in [5, 5.41) is 3.93. The molecule has 1 nitrogen and oxygen atoms in total. The van der Waals surface area contributed by atoms with Gasteiger partial charge in [-0.1, -0.05) is 52.3 Å². The molecule has 0 aromatic heterocycles. The number of nitrogens with one attached hydrogen (secondary N) is 1. The average Bonchev–Trinajstić information content (AvgIpc) is 2.40. The van der Waals surface area contributed by atoms with Crippen LogP contribution in [0, 0.1) is 24.7 Å². The molecule has 0 bridgehead atoms. The molecular weight excluding hydrogens is 242 g/mol. The first-order valence-corrected chi connectivity index (χ1v) is 8.38. The van der Waals surface area contributed by atoms with Crippen LogP contribution in [0.3, 0.4) is 0 Å². The van der Waals surface area contributed by atoms with E-state index in [0.717, 1.165) is 24.2 Å². The zero-order valence-corrected chi connectivity index (χ0v) is 13.9. The van der Waals surface area contributed by atoms with E-state index in [4.69, 9.17) is 0 Å². The highest BCUT2D eigenvalue weighted by Gasteiger charge is 2.31. The van der Waals surface area contributed by atoms with Crippen LogP contribution in [0.5, 0.6) is 0 Å². The van der Waals surface area contributed by atoms with E-state index in [1.54, 1.807) is 0 Å². The van der Waals surface area contributed by atoms with Crippen LogP contribution in [0.2, 0.25) is 0 Å². The third kappa shape index (κ3) is 3.37. The van der Waals surface area contributed by atoms with Crippen LogP contribution in [0.25, 0.3) is 0 Å². The molecule has 3 atom stereocenters. The van der Waals surface area contributed by atoms with Crippen LogP contribution in [0.4, 0.5) is 5.69 Å². The lowest BCUT2D eigenvalue weighted by molar-refractivity contribution is 0.212. The molecule has 0 spiro atoms. The van der Waals surface area contributed by atoms with Gasteiger partial charge in [0, 0.05) is 11.7 Å². The number of hydrogen-bond acceptors (Lipinski definition) is 1. The minimum absolute atomic E-state index is 0.644. The second kappa shape index (κ2) is 6.65. The highest BCUT2D eigenvalue weighted by molar-refractivity contribution is 5.58. The number of para-hydroxylation sites is 1. The fraction of sp³-hybridized carbons (Fsp3) is 0.684. The van der Waals surface area contributed by atoms with E-state index in [1.165, 1.54) is 36.1 Å². The second-order valence-corrected chi connectivity index (χ2v) is 7.04. The van der Waals surface area contributed by atoms with Crippen LogP contribution in [-0.2, 0) is 6.42 Å². The largest absolute Gasteiger partial charge is 0.382 e. The first-order chi connectivity index (χ1) is 9.52. The van der Waals surface area contributed by atoms with Gasteiger partial charge in [0.1, 0.15) is 0 Å². The summed E-state index contributed by atoms with van der Waals surface area (Å²) in [7, 11) is 0. The summed E-state index contributed by atoms with van der Waals surface area (Å²) < 4.78 is 0. The van der Waals surface area contributed by atoms with Crippen molar-refractivity contribution < 1.29 is 0 Å². The van der Waals surface area contributed by atoms with Crippen LogP contribution in [0.1, 0.15) is 58.1 Å². The first-order valence-electron chi connectivity index (χ1n) is 8.38. The fourth-order valence-electron chi connectivity index (χ4n) is 3.78. The van der Waals surface area contributed by atoms with Gasteiger partial charge < -0.3 is 5.32 Å². The van der Waals surface area contributed by atoms with Crippen molar-refractivity contribution in [2.45, 2.75) is 66.3 Å². The van der Waals surface area contributed by atoms with E-state index >= 15 is 0 Å². The van der Waals surface area contributed by atoms with E-state index < -0.39 is 0 Å². The van der Waals surface area contributed by atoms with E-state index in [1.807, 2.05) is 0 Å². The van der Waals surface area contributed by atoms with Crippen molar-refractivity contribution in [3.05, 3.63) is 29.3 Å². The molecule has 1 fully saturated rings. The van der Waals surface area contributed by atoms with Crippen molar-refractivity contribution in [2.24, 2.45) is 17.8 Å². The van der Waals surface area contributed by atoms with Gasteiger partial charge in [-0.25, -0.2) is 0 Å². The van der Waals surface area contributed by atoms with Crippen molar-refractivity contribution in [3.8, 4) is 0 Å². The lowest BCUT2D eigenvalue weighted by Crippen LogP contribution is -2.38. The minimum atomic E-state index is 0.644. The molecule has 1 N–H and O–H groups in total. The fourth-order valence-corrected chi connectivity index (χ4v) is 3.78. The smallest absolute Gasteiger partial charge is 0.0404 e. The molecule has 1 heteroatoms. The molecule has 20 heavy (non-hydrogen) atoms. The monoisotopic (exact) mass is 273 g/mol. The summed E-state index contributed by atoms with van der Waals surface area (Å²) in [4.78, 5) is 0. The molecule has 2 rings (SSSR count). The summed E-state index contributed by atoms with van der Waals surface area (Å²) in [5.41, 5.74) is 4.26. The standard InChI is InChI=1S/C19H31N/c1-6-16-9-7-8-15(5)19(16)20-18-12-14(4)10-11-17(18)13(2)3/h7-9,13-14,17-18,20H,6,10-12H2,1-5H3. The van der Waals surface area contributed by atoms with Crippen molar-refractivity contribution in [2.75, 3.05) is 5.32 Å². The number of benzene rings is 1. The summed E-state index contributed by atoms with van der Waals surface area (Å²) in [6.07, 6.45) is 5.21. The number of hydrogen-bond donors (Lipinski definition) is 1. The highest BCUT2D eigenvalue weighted by atomic mass is 14.9. The van der Waals surface area contributed by atoms with Crippen LogP contribution in [-0.4, -0.2) is 6.04 Å². The molecule has 0 radical (unpaired) electrons. The Kier molecular flexibility index (Phi) is 5.12. The van der Waals surface area contributed by atoms with Gasteiger partial charge in [0.25, 0.3) is 0 Å². The molecule has 0 heterocycles. The molecule has 0 saturated heterocycles. The summed E-state index contributed by atoms with van der Waals surface area (Å²) >= 11 is 0. The lowest BCUT2D eigenvalue weighted by Gasteiger charge is -2.39. The molecule has 0 aliphatic heterocycles. The van der Waals surface area contributed by atoms with Gasteiger partial charge in [-0.3, -0.25) is 0 Å². The van der Waals surface area contributed by atoms with E-state index in [0.29, 0.717) is 6.04 Å². The molecule has 3 unspecified atom stereocenters. The van der Waals surface area contributed by atoms with Gasteiger partial charge >= 0.3 is 0 Å². The zero-order valence-electron chi connectivity index (χ0n) is 13.9. The van der Waals surface area contributed by atoms with Crippen molar-refractivity contribution in [1.29, 1.82) is 0 Å². The second-order valence-electron chi connectivity index (χ2n) is 7.04. The Hall–Kier alpha value is -0.980. The van der Waals surface area contributed by atoms with E-state index in [9.17, 15) is 0 Å². The Morgan fingerprint density at radius 1 is 1.25 bits per heavy atom. The molecule has 112 valence electrons. The maximum atomic E-state index is 3.93. The molecule has 1 aromatic rings. The Labute approximate surface area is 125 Å². The SMILES string of the molecule is CCc1cccc(C)c1NC1CC(C)CCC1C(C)C. The Morgan fingerprint density at radius 3 is 2.65 bits per heavy atom. The molecule has 1 saturated carbocycles. The van der Waals surface area contributed by atoms with Crippen molar-refractivity contribution in [3.63, 3.8) is 0 Å². The van der Waals surface area contributed by atoms with Crippen LogP contribution < -0.4 is 5.32 Å². The van der Waals surface area contributed by atoms with Gasteiger partial charge in [-0.05, 0) is 55.1 Å². The van der Waals surface area contributed by atoms with Crippen molar-refractivity contribution in [1.82, 2.24) is 0 Å². The predicted molar refractivity (Wildman–Crippen MR) is 89.3 cm³/mol. The third-order valence-corrected chi connectivity index (χ3v) is 5.09. The minimum Gasteiger partial charge on any atom is -0.382 e. The Morgan fingerprint density at radius 2 is 2.00 bits per heavy atom. The molecule has 0 amide bonds. The Bertz CT molecular complexity index is 435. The zero-order chi connectivity index (χ0) is 14.7. The molecular formula is C19H31N. The summed E-state index contributed by atoms with van der Waals surface area (Å²) in [6, 6.07) is 7.33. The number of anilines is 1. The van der Waals surface area contributed by atoms with Gasteiger partial charge in [0.15, 0.2) is 0 Å². The summed E-state index contributed by atoms with van der Waals surface area (Å²) in [6.45, 7) is 11.7. The normalized spacial score (nSPS) is 26.8. The molecule has 1 aliphatic carbocycles. The molecule has 1 aromatic carbocycles. The van der Waals surface area contributed by atoms with Crippen molar-refractivity contribution >= 4 is 5.69 Å². The summed E-state index contributed by atoms with van der Waals surface area (Å²) in [5.74, 6) is 2.45. The topological polar surface area (TPSA) is 12.0 Å². The molecule has 1 aliphatic rings. The van der Waals surface area contributed by atoms with Crippen LogP contribution in [0.15, 0.2) is 18.2 Å². The first kappa shape index (κ1) is 15.4. The Balaban J connectivity index is 2.22. The quantitative estimate of drug-likeness (QED) is 0.771. The van der Waals surface area contributed by atoms with E-state index in [-0.39, 0.29) is 0 Å². The average molecular weight is 273 g/mol. The van der Waals surface area contributed by atoms with E-state index in [2.05, 4.69) is 58.1 Å². The van der Waals surface area contributed by atoms with Gasteiger partial charge in [0.2, 0.25) is 0 Å². The number of aryl methyl sites for hydroxylation is 2. The predicted octanol–water partition coefficient (Wildman–Crippen LogP) is 5.43. The third-order valence-electron chi connectivity index (χ3n) is 5.09. The number of rotatable bonds is 4. The maximum absolute atomic E-state index is 3.93. The highest BCUT2D eigenvalue weighted by Crippen LogP contribution is 2.36. The van der Waals surface area contributed by atoms with Gasteiger partial charge in [-0.15, -0.1) is 0 Å². The van der Waals surface area contributed by atoms with Crippen LogP contribution >= 0.6 is 0 Å². The lowest BCUT2D eigenvalue weighted by atomic mass is 9.74.